The number of nitrogens with zero attached hydrogens (tertiary/aromatic N) is 3. The van der Waals surface area contributed by atoms with E-state index in [4.69, 9.17) is 4.42 Å². The SMILES string of the molecule is CCc1nn(C)c(CN(C)Cc2ccoc2)c1Br. The summed E-state index contributed by atoms with van der Waals surface area (Å²) < 4.78 is 8.17. The van der Waals surface area contributed by atoms with Crippen LogP contribution in [0, 0.1) is 0 Å². The zero-order valence-corrected chi connectivity index (χ0v) is 12.6. The summed E-state index contributed by atoms with van der Waals surface area (Å²) in [7, 11) is 4.09. The summed E-state index contributed by atoms with van der Waals surface area (Å²) in [6, 6.07) is 1.99. The van der Waals surface area contributed by atoms with Crippen LogP contribution in [-0.4, -0.2) is 21.7 Å². The van der Waals surface area contributed by atoms with Crippen molar-refractivity contribution in [3.8, 4) is 0 Å². The van der Waals surface area contributed by atoms with Crippen LogP contribution < -0.4 is 0 Å². The average Bonchev–Trinajstić information content (AvgIpc) is 2.92. The highest BCUT2D eigenvalue weighted by Crippen LogP contribution is 2.23. The molecule has 0 amide bonds. The second-order valence-corrected chi connectivity index (χ2v) is 5.28. The summed E-state index contributed by atoms with van der Waals surface area (Å²) in [5, 5.41) is 4.50. The van der Waals surface area contributed by atoms with Crippen molar-refractivity contribution >= 4 is 15.9 Å². The zero-order chi connectivity index (χ0) is 13.1. The Bertz CT molecular complexity index is 505. The normalized spacial score (nSPS) is 11.4. The second kappa shape index (κ2) is 5.71. The van der Waals surface area contributed by atoms with Crippen LogP contribution in [-0.2, 0) is 26.6 Å². The first kappa shape index (κ1) is 13.4. The zero-order valence-electron chi connectivity index (χ0n) is 11.0. The highest BCUT2D eigenvalue weighted by atomic mass is 79.9. The van der Waals surface area contributed by atoms with Gasteiger partial charge in [-0.05, 0) is 35.5 Å². The molecule has 0 fully saturated rings. The Morgan fingerprint density at radius 2 is 2.22 bits per heavy atom. The van der Waals surface area contributed by atoms with E-state index in [-0.39, 0.29) is 0 Å². The number of rotatable bonds is 5. The van der Waals surface area contributed by atoms with Crippen molar-refractivity contribution in [2.45, 2.75) is 26.4 Å². The first-order chi connectivity index (χ1) is 8.61. The molecule has 0 atom stereocenters. The van der Waals surface area contributed by atoms with Gasteiger partial charge in [0.25, 0.3) is 0 Å². The standard InChI is InChI=1S/C13H18BrN3O/c1-4-11-13(14)12(17(3)15-11)8-16(2)7-10-5-6-18-9-10/h5-6,9H,4,7-8H2,1-3H3. The molecule has 0 N–H and O–H groups in total. The summed E-state index contributed by atoms with van der Waals surface area (Å²) in [6.45, 7) is 3.84. The van der Waals surface area contributed by atoms with Gasteiger partial charge in [-0.25, -0.2) is 0 Å². The molecule has 0 saturated heterocycles. The minimum Gasteiger partial charge on any atom is -0.472 e. The lowest BCUT2D eigenvalue weighted by Gasteiger charge is -2.16. The monoisotopic (exact) mass is 311 g/mol. The van der Waals surface area contributed by atoms with Crippen molar-refractivity contribution in [2.75, 3.05) is 7.05 Å². The molecule has 0 aliphatic rings. The van der Waals surface area contributed by atoms with Gasteiger partial charge in [-0.15, -0.1) is 0 Å². The number of aryl methyl sites for hydroxylation is 2. The Kier molecular flexibility index (Phi) is 4.24. The lowest BCUT2D eigenvalue weighted by molar-refractivity contribution is 0.308. The third-order valence-electron chi connectivity index (χ3n) is 2.96. The van der Waals surface area contributed by atoms with E-state index in [0.29, 0.717) is 0 Å². The van der Waals surface area contributed by atoms with Gasteiger partial charge in [0.1, 0.15) is 0 Å². The number of furan rings is 1. The lowest BCUT2D eigenvalue weighted by Crippen LogP contribution is -2.19. The van der Waals surface area contributed by atoms with Crippen molar-refractivity contribution in [1.29, 1.82) is 0 Å². The molecule has 0 spiro atoms. The fourth-order valence-electron chi connectivity index (χ4n) is 2.00. The predicted molar refractivity (Wildman–Crippen MR) is 74.2 cm³/mol. The molecule has 0 unspecified atom stereocenters. The molecule has 18 heavy (non-hydrogen) atoms. The molecule has 4 nitrogen and oxygen atoms in total. The fraction of sp³-hybridized carbons (Fsp3) is 0.462. The van der Waals surface area contributed by atoms with Gasteiger partial charge in [-0.2, -0.15) is 5.10 Å². The van der Waals surface area contributed by atoms with E-state index in [1.807, 2.05) is 17.8 Å². The Balaban J connectivity index is 2.07. The van der Waals surface area contributed by atoms with Crippen LogP contribution in [0.1, 0.15) is 23.9 Å². The molecule has 0 radical (unpaired) electrons. The Hall–Kier alpha value is -1.07. The molecular weight excluding hydrogens is 294 g/mol. The smallest absolute Gasteiger partial charge is 0.0947 e. The van der Waals surface area contributed by atoms with Gasteiger partial charge in [0, 0.05) is 25.7 Å². The Labute approximate surface area is 116 Å². The molecule has 2 aromatic rings. The van der Waals surface area contributed by atoms with Gasteiger partial charge in [-0.3, -0.25) is 9.58 Å². The van der Waals surface area contributed by atoms with E-state index in [9.17, 15) is 0 Å². The van der Waals surface area contributed by atoms with E-state index < -0.39 is 0 Å². The molecule has 2 rings (SSSR count). The minimum atomic E-state index is 0.856. The van der Waals surface area contributed by atoms with Crippen LogP contribution in [0.3, 0.4) is 0 Å². The Morgan fingerprint density at radius 3 is 2.78 bits per heavy atom. The van der Waals surface area contributed by atoms with Gasteiger partial charge in [0.05, 0.1) is 28.4 Å². The van der Waals surface area contributed by atoms with E-state index in [1.54, 1.807) is 12.5 Å². The largest absolute Gasteiger partial charge is 0.472 e. The third kappa shape index (κ3) is 2.84. The Morgan fingerprint density at radius 1 is 1.44 bits per heavy atom. The highest BCUT2D eigenvalue weighted by molar-refractivity contribution is 9.10. The maximum Gasteiger partial charge on any atom is 0.0947 e. The molecule has 5 heteroatoms. The lowest BCUT2D eigenvalue weighted by atomic mass is 10.2. The molecule has 0 saturated carbocycles. The molecule has 0 aromatic carbocycles. The van der Waals surface area contributed by atoms with E-state index >= 15 is 0 Å². The van der Waals surface area contributed by atoms with E-state index in [2.05, 4.69) is 39.9 Å². The average molecular weight is 312 g/mol. The van der Waals surface area contributed by atoms with Gasteiger partial charge >= 0.3 is 0 Å². The van der Waals surface area contributed by atoms with Crippen molar-refractivity contribution in [3.63, 3.8) is 0 Å². The quantitative estimate of drug-likeness (QED) is 0.851. The summed E-state index contributed by atoms with van der Waals surface area (Å²) in [6.07, 6.45) is 4.43. The molecular formula is C13H18BrN3O. The maximum atomic E-state index is 5.08. The third-order valence-corrected chi connectivity index (χ3v) is 3.87. The molecule has 0 aliphatic heterocycles. The van der Waals surface area contributed by atoms with Crippen LogP contribution in [0.25, 0.3) is 0 Å². The number of hydrogen-bond acceptors (Lipinski definition) is 3. The minimum absolute atomic E-state index is 0.856. The van der Waals surface area contributed by atoms with Crippen molar-refractivity contribution in [1.82, 2.24) is 14.7 Å². The van der Waals surface area contributed by atoms with E-state index in [1.165, 1.54) is 11.3 Å². The van der Waals surface area contributed by atoms with Crippen molar-refractivity contribution in [2.24, 2.45) is 7.05 Å². The van der Waals surface area contributed by atoms with Gasteiger partial charge in [0.15, 0.2) is 0 Å². The van der Waals surface area contributed by atoms with Gasteiger partial charge in [-0.1, -0.05) is 6.92 Å². The first-order valence-corrected chi connectivity index (χ1v) is 6.81. The summed E-state index contributed by atoms with van der Waals surface area (Å²) >= 11 is 3.64. The molecule has 2 heterocycles. The number of aromatic nitrogens is 2. The highest BCUT2D eigenvalue weighted by Gasteiger charge is 2.14. The van der Waals surface area contributed by atoms with Crippen molar-refractivity contribution in [3.05, 3.63) is 40.0 Å². The van der Waals surface area contributed by atoms with Crippen LogP contribution in [0.2, 0.25) is 0 Å². The van der Waals surface area contributed by atoms with Crippen LogP contribution in [0.15, 0.2) is 27.5 Å². The molecule has 2 aromatic heterocycles. The van der Waals surface area contributed by atoms with Gasteiger partial charge in [0.2, 0.25) is 0 Å². The molecule has 0 bridgehead atoms. The number of hydrogen-bond donors (Lipinski definition) is 0. The van der Waals surface area contributed by atoms with Crippen LogP contribution >= 0.6 is 15.9 Å². The first-order valence-electron chi connectivity index (χ1n) is 6.01. The van der Waals surface area contributed by atoms with Crippen LogP contribution in [0.4, 0.5) is 0 Å². The summed E-state index contributed by atoms with van der Waals surface area (Å²) in [4.78, 5) is 2.24. The summed E-state index contributed by atoms with van der Waals surface area (Å²) in [5.74, 6) is 0. The summed E-state index contributed by atoms with van der Waals surface area (Å²) in [5.41, 5.74) is 3.51. The molecule has 0 aliphatic carbocycles. The van der Waals surface area contributed by atoms with Crippen molar-refractivity contribution < 1.29 is 4.42 Å². The predicted octanol–water partition coefficient (Wildman–Crippen LogP) is 2.97. The van der Waals surface area contributed by atoms with Gasteiger partial charge < -0.3 is 4.42 Å². The topological polar surface area (TPSA) is 34.2 Å². The van der Waals surface area contributed by atoms with E-state index in [0.717, 1.165) is 29.7 Å². The molecule has 98 valence electrons. The second-order valence-electron chi connectivity index (χ2n) is 4.49. The number of halogens is 1. The maximum absolute atomic E-state index is 5.08. The van der Waals surface area contributed by atoms with Crippen LogP contribution in [0.5, 0.6) is 0 Å². The fourth-order valence-corrected chi connectivity index (χ4v) is 2.74.